The number of nitrogens with one attached hydrogen (secondary N) is 2. The number of hydrogen-bond acceptors (Lipinski definition) is 7. The van der Waals surface area contributed by atoms with E-state index in [2.05, 4.69) is 32.7 Å². The quantitative estimate of drug-likeness (QED) is 0.361. The van der Waals surface area contributed by atoms with Crippen molar-refractivity contribution in [2.24, 2.45) is 5.41 Å². The van der Waals surface area contributed by atoms with Crippen LogP contribution in [-0.2, 0) is 11.3 Å². The Morgan fingerprint density at radius 3 is 2.65 bits per heavy atom. The molecule has 7 nitrogen and oxygen atoms in total. The predicted molar refractivity (Wildman–Crippen MR) is 136 cm³/mol. The third kappa shape index (κ3) is 5.72. The van der Waals surface area contributed by atoms with Gasteiger partial charge in [0.15, 0.2) is 0 Å². The first-order valence-electron chi connectivity index (χ1n) is 11.8. The summed E-state index contributed by atoms with van der Waals surface area (Å²) in [5.41, 5.74) is 9.73. The van der Waals surface area contributed by atoms with Gasteiger partial charge in [0.05, 0.1) is 22.4 Å². The first-order valence-corrected chi connectivity index (χ1v) is 11.8. The fourth-order valence-corrected chi connectivity index (χ4v) is 4.00. The van der Waals surface area contributed by atoms with Crippen molar-refractivity contribution < 1.29 is 9.53 Å². The van der Waals surface area contributed by atoms with Gasteiger partial charge in [0, 0.05) is 24.7 Å². The van der Waals surface area contributed by atoms with E-state index < -0.39 is 5.41 Å². The lowest BCUT2D eigenvalue weighted by molar-refractivity contribution is -0.142. The number of nitrogens with two attached hydrogens (primary N) is 1. The smallest absolute Gasteiger partial charge is 0.316 e. The van der Waals surface area contributed by atoms with E-state index in [4.69, 9.17) is 10.5 Å². The van der Waals surface area contributed by atoms with Crippen LogP contribution >= 0.6 is 0 Å². The van der Waals surface area contributed by atoms with Crippen LogP contribution in [0.15, 0.2) is 54.6 Å². The summed E-state index contributed by atoms with van der Waals surface area (Å²) in [5, 5.41) is 6.93. The van der Waals surface area contributed by atoms with Crippen molar-refractivity contribution in [2.75, 3.05) is 24.1 Å². The molecule has 3 aromatic rings. The number of nitrogens with zero attached hydrogens (tertiary/aromatic N) is 2. The largest absolute Gasteiger partial charge is 0.425 e. The third-order valence-electron chi connectivity index (χ3n) is 5.90. The second-order valence-corrected chi connectivity index (χ2v) is 9.74. The molecule has 1 aliphatic heterocycles. The molecule has 0 radical (unpaired) electrons. The summed E-state index contributed by atoms with van der Waals surface area (Å²) in [5.74, 6) is 0.614. The molecule has 4 rings (SSSR count). The molecule has 4 N–H and O–H groups in total. The highest BCUT2D eigenvalue weighted by molar-refractivity contribution is 5.86. The fourth-order valence-electron chi connectivity index (χ4n) is 4.00. The number of benzene rings is 2. The third-order valence-corrected chi connectivity index (χ3v) is 5.90. The lowest BCUT2D eigenvalue weighted by atomic mass is 9.94. The average molecular weight is 460 g/mol. The van der Waals surface area contributed by atoms with Gasteiger partial charge in [-0.2, -0.15) is 0 Å². The van der Waals surface area contributed by atoms with Crippen LogP contribution in [0.25, 0.3) is 11.3 Å². The van der Waals surface area contributed by atoms with E-state index in [1.165, 1.54) is 0 Å². The summed E-state index contributed by atoms with van der Waals surface area (Å²) >= 11 is 0. The molecule has 1 atom stereocenters. The number of ether oxygens (including phenoxy) is 1. The van der Waals surface area contributed by atoms with Crippen molar-refractivity contribution in [2.45, 2.75) is 46.1 Å². The Hall–Kier alpha value is -3.45. The Balaban J connectivity index is 1.76. The monoisotopic (exact) mass is 459 g/mol. The maximum absolute atomic E-state index is 12.8. The van der Waals surface area contributed by atoms with Gasteiger partial charge < -0.3 is 21.1 Å². The molecule has 178 valence electrons. The standard InChI is InChI=1S/C27H33N5O2/c1-27(2,3)25(33)34-23-13-7-12-20(30-16-18-9-5-4-6-10-18)24(23)22-15-21(31-26(28)32-22)19-11-8-14-29-17-19/h4-7,9-10,12-13,15,19,29-30H,8,11,14,16-17H2,1-3H3,(H2,28,31,32). The first-order chi connectivity index (χ1) is 16.3. The molecular weight excluding hydrogens is 426 g/mol. The summed E-state index contributed by atoms with van der Waals surface area (Å²) in [6.45, 7) is 8.00. The van der Waals surface area contributed by atoms with Crippen molar-refractivity contribution >= 4 is 17.6 Å². The van der Waals surface area contributed by atoms with E-state index >= 15 is 0 Å². The SMILES string of the molecule is CC(C)(C)C(=O)Oc1cccc(NCc2ccccc2)c1-c1cc(C2CCCNC2)nc(N)n1. The molecule has 0 aliphatic carbocycles. The van der Waals surface area contributed by atoms with Gasteiger partial charge >= 0.3 is 5.97 Å². The Morgan fingerprint density at radius 2 is 1.94 bits per heavy atom. The molecule has 1 fully saturated rings. The molecule has 0 bridgehead atoms. The Bertz CT molecular complexity index is 1140. The maximum Gasteiger partial charge on any atom is 0.316 e. The van der Waals surface area contributed by atoms with Gasteiger partial charge in [-0.25, -0.2) is 9.97 Å². The van der Waals surface area contributed by atoms with E-state index in [9.17, 15) is 4.79 Å². The molecule has 1 aliphatic rings. The van der Waals surface area contributed by atoms with Gasteiger partial charge in [-0.15, -0.1) is 0 Å². The van der Waals surface area contributed by atoms with Gasteiger partial charge in [0.1, 0.15) is 5.75 Å². The highest BCUT2D eigenvalue weighted by Gasteiger charge is 2.27. The molecule has 7 heteroatoms. The topological polar surface area (TPSA) is 102 Å². The number of aromatic nitrogens is 2. The Labute approximate surface area is 201 Å². The Kier molecular flexibility index (Phi) is 7.12. The molecule has 0 spiro atoms. The predicted octanol–water partition coefficient (Wildman–Crippen LogP) is 4.76. The van der Waals surface area contributed by atoms with Crippen LogP contribution in [0.2, 0.25) is 0 Å². The van der Waals surface area contributed by atoms with Crippen LogP contribution < -0.4 is 21.1 Å². The molecule has 2 heterocycles. The fraction of sp³-hybridized carbons (Fsp3) is 0.370. The normalized spacial score (nSPS) is 16.1. The minimum Gasteiger partial charge on any atom is -0.425 e. The molecule has 1 unspecified atom stereocenters. The van der Waals surface area contributed by atoms with Crippen molar-refractivity contribution in [3.63, 3.8) is 0 Å². The van der Waals surface area contributed by atoms with Crippen LogP contribution in [0, 0.1) is 5.41 Å². The van der Waals surface area contributed by atoms with E-state index in [1.807, 2.05) is 57.2 Å². The summed E-state index contributed by atoms with van der Waals surface area (Å²) < 4.78 is 5.89. The number of anilines is 2. The van der Waals surface area contributed by atoms with Gasteiger partial charge in [-0.3, -0.25) is 4.79 Å². The summed E-state index contributed by atoms with van der Waals surface area (Å²) in [6.07, 6.45) is 2.14. The van der Waals surface area contributed by atoms with Crippen molar-refractivity contribution in [3.8, 4) is 17.0 Å². The lowest BCUT2D eigenvalue weighted by Gasteiger charge is -2.23. The van der Waals surface area contributed by atoms with Crippen LogP contribution in [0.4, 0.5) is 11.6 Å². The van der Waals surface area contributed by atoms with Crippen molar-refractivity contribution in [3.05, 3.63) is 65.9 Å². The summed E-state index contributed by atoms with van der Waals surface area (Å²) in [7, 11) is 0. The second kappa shape index (κ2) is 10.2. The minimum atomic E-state index is -0.644. The van der Waals surface area contributed by atoms with Crippen molar-refractivity contribution in [1.29, 1.82) is 0 Å². The average Bonchev–Trinajstić information content (AvgIpc) is 2.83. The van der Waals surface area contributed by atoms with E-state index in [1.54, 1.807) is 6.07 Å². The number of hydrogen-bond donors (Lipinski definition) is 3. The summed E-state index contributed by atoms with van der Waals surface area (Å²) in [4.78, 5) is 21.9. The number of nitrogen functional groups attached to an aromatic ring is 1. The second-order valence-electron chi connectivity index (χ2n) is 9.74. The zero-order valence-electron chi connectivity index (χ0n) is 20.1. The zero-order chi connectivity index (χ0) is 24.1. The van der Waals surface area contributed by atoms with E-state index in [0.717, 1.165) is 42.9 Å². The first kappa shape index (κ1) is 23.7. The number of rotatable bonds is 6. The van der Waals surface area contributed by atoms with E-state index in [-0.39, 0.29) is 17.8 Å². The molecular formula is C27H33N5O2. The lowest BCUT2D eigenvalue weighted by Crippen LogP contribution is -2.29. The zero-order valence-corrected chi connectivity index (χ0v) is 20.1. The molecule has 34 heavy (non-hydrogen) atoms. The van der Waals surface area contributed by atoms with Crippen LogP contribution in [-0.4, -0.2) is 29.0 Å². The number of carbonyl (C=O) groups is 1. The maximum atomic E-state index is 12.8. The molecule has 2 aromatic carbocycles. The highest BCUT2D eigenvalue weighted by Crippen LogP contribution is 2.38. The number of carbonyl (C=O) groups excluding carboxylic acids is 1. The summed E-state index contributed by atoms with van der Waals surface area (Å²) in [6, 6.07) is 17.8. The number of piperidine rings is 1. The number of esters is 1. The molecule has 0 saturated carbocycles. The van der Waals surface area contributed by atoms with Gasteiger partial charge in [0.2, 0.25) is 5.95 Å². The van der Waals surface area contributed by atoms with Crippen LogP contribution in [0.5, 0.6) is 5.75 Å². The molecule has 1 saturated heterocycles. The molecule has 0 amide bonds. The Morgan fingerprint density at radius 1 is 1.15 bits per heavy atom. The highest BCUT2D eigenvalue weighted by atomic mass is 16.5. The van der Waals surface area contributed by atoms with Crippen LogP contribution in [0.3, 0.4) is 0 Å². The minimum absolute atomic E-state index is 0.212. The van der Waals surface area contributed by atoms with E-state index in [0.29, 0.717) is 23.6 Å². The van der Waals surface area contributed by atoms with Gasteiger partial charge in [-0.1, -0.05) is 36.4 Å². The van der Waals surface area contributed by atoms with Crippen LogP contribution in [0.1, 0.15) is 50.8 Å². The van der Waals surface area contributed by atoms with Crippen molar-refractivity contribution in [1.82, 2.24) is 15.3 Å². The van der Waals surface area contributed by atoms with Gasteiger partial charge in [-0.05, 0) is 63.9 Å². The van der Waals surface area contributed by atoms with Gasteiger partial charge in [0.25, 0.3) is 0 Å². The molecule has 1 aromatic heterocycles.